The molecule has 1 amide bonds. The number of hydrogen-bond donors (Lipinski definition) is 2. The number of rotatable bonds is 4. The van der Waals surface area contributed by atoms with Gasteiger partial charge in [0.05, 0.1) is 5.92 Å². The summed E-state index contributed by atoms with van der Waals surface area (Å²) >= 11 is 0. The highest BCUT2D eigenvalue weighted by atomic mass is 16.6. The van der Waals surface area contributed by atoms with E-state index in [-0.39, 0.29) is 17.6 Å². The largest absolute Gasteiger partial charge is 0.508 e. The van der Waals surface area contributed by atoms with Crippen molar-refractivity contribution in [2.75, 3.05) is 13.1 Å². The first kappa shape index (κ1) is 18.1. The molecule has 2 rings (SSSR count). The fraction of sp³-hybridized carbons (Fsp3) is 0.556. The van der Waals surface area contributed by atoms with Crippen LogP contribution in [0.2, 0.25) is 0 Å². The van der Waals surface area contributed by atoms with Crippen LogP contribution in [0.4, 0.5) is 4.79 Å². The fourth-order valence-corrected chi connectivity index (χ4v) is 3.05. The van der Waals surface area contributed by atoms with E-state index in [1.54, 1.807) is 18.2 Å². The summed E-state index contributed by atoms with van der Waals surface area (Å²) in [4.78, 5) is 25.1. The number of hydrogen-bond acceptors (Lipinski definition) is 4. The standard InChI is InChI=1S/C18H25NO5/c1-18(2,3)24-16(21)15(10-12-5-4-6-14(20)9-12)13-7-8-19(11-13)17(22)23/h4-6,9,13,15,20H,7-8,10-11H2,1-3H3,(H,22,23). The van der Waals surface area contributed by atoms with Crippen LogP contribution in [0.3, 0.4) is 0 Å². The number of phenols is 1. The molecule has 0 aromatic heterocycles. The van der Waals surface area contributed by atoms with E-state index in [2.05, 4.69) is 0 Å². The van der Waals surface area contributed by atoms with Crippen molar-refractivity contribution in [3.05, 3.63) is 29.8 Å². The number of ether oxygens (including phenoxy) is 1. The van der Waals surface area contributed by atoms with Crippen molar-refractivity contribution in [3.63, 3.8) is 0 Å². The molecule has 0 spiro atoms. The number of likely N-dealkylation sites (tertiary alicyclic amines) is 1. The molecule has 6 heteroatoms. The minimum Gasteiger partial charge on any atom is -0.508 e. The molecular formula is C18H25NO5. The average molecular weight is 335 g/mol. The minimum atomic E-state index is -0.960. The van der Waals surface area contributed by atoms with Crippen molar-refractivity contribution >= 4 is 12.1 Å². The number of esters is 1. The maximum absolute atomic E-state index is 12.7. The number of carboxylic acid groups (broad SMARTS) is 1. The predicted octanol–water partition coefficient (Wildman–Crippen LogP) is 2.89. The van der Waals surface area contributed by atoms with Crippen molar-refractivity contribution < 1.29 is 24.5 Å². The predicted molar refractivity (Wildman–Crippen MR) is 88.9 cm³/mol. The first-order chi connectivity index (χ1) is 11.2. The maximum atomic E-state index is 12.7. The van der Waals surface area contributed by atoms with E-state index in [0.717, 1.165) is 5.56 Å². The van der Waals surface area contributed by atoms with Gasteiger partial charge in [0.2, 0.25) is 0 Å². The van der Waals surface area contributed by atoms with Gasteiger partial charge in [-0.1, -0.05) is 12.1 Å². The summed E-state index contributed by atoms with van der Waals surface area (Å²) < 4.78 is 5.54. The van der Waals surface area contributed by atoms with Crippen LogP contribution in [-0.4, -0.2) is 45.9 Å². The maximum Gasteiger partial charge on any atom is 0.407 e. The molecule has 1 aromatic rings. The first-order valence-electron chi connectivity index (χ1n) is 8.14. The smallest absolute Gasteiger partial charge is 0.407 e. The Kier molecular flexibility index (Phi) is 5.36. The number of nitrogens with zero attached hydrogens (tertiary/aromatic N) is 1. The molecule has 0 radical (unpaired) electrons. The first-order valence-corrected chi connectivity index (χ1v) is 8.14. The Balaban J connectivity index is 2.18. The summed E-state index contributed by atoms with van der Waals surface area (Å²) in [6, 6.07) is 6.78. The lowest BCUT2D eigenvalue weighted by atomic mass is 9.86. The Labute approximate surface area is 142 Å². The monoisotopic (exact) mass is 335 g/mol. The lowest BCUT2D eigenvalue weighted by Crippen LogP contribution is -2.35. The van der Waals surface area contributed by atoms with Crippen molar-refractivity contribution in [1.29, 1.82) is 0 Å². The average Bonchev–Trinajstić information content (AvgIpc) is 2.92. The van der Waals surface area contributed by atoms with Crippen molar-refractivity contribution in [2.24, 2.45) is 11.8 Å². The highest BCUT2D eigenvalue weighted by Gasteiger charge is 2.37. The molecule has 1 aromatic carbocycles. The Hall–Kier alpha value is -2.24. The molecule has 0 bridgehead atoms. The molecule has 1 aliphatic heterocycles. The van der Waals surface area contributed by atoms with E-state index in [1.165, 1.54) is 4.90 Å². The zero-order valence-corrected chi connectivity index (χ0v) is 14.4. The van der Waals surface area contributed by atoms with E-state index in [1.807, 2.05) is 26.8 Å². The molecular weight excluding hydrogens is 310 g/mol. The number of carbonyl (C=O) groups is 2. The molecule has 2 atom stereocenters. The van der Waals surface area contributed by atoms with Crippen LogP contribution in [0, 0.1) is 11.8 Å². The Bertz CT molecular complexity index is 608. The van der Waals surface area contributed by atoms with Crippen LogP contribution in [-0.2, 0) is 16.0 Å². The number of benzene rings is 1. The summed E-state index contributed by atoms with van der Waals surface area (Å²) in [6.07, 6.45) is 0.0917. The molecule has 6 nitrogen and oxygen atoms in total. The van der Waals surface area contributed by atoms with E-state index in [9.17, 15) is 14.7 Å². The van der Waals surface area contributed by atoms with Crippen LogP contribution < -0.4 is 0 Å². The molecule has 2 unspecified atom stereocenters. The molecule has 0 aliphatic carbocycles. The van der Waals surface area contributed by atoms with Gasteiger partial charge in [0, 0.05) is 13.1 Å². The summed E-state index contributed by atoms with van der Waals surface area (Å²) in [5.41, 5.74) is 0.235. The molecule has 132 valence electrons. The second kappa shape index (κ2) is 7.11. The van der Waals surface area contributed by atoms with Crippen molar-refractivity contribution in [3.8, 4) is 5.75 Å². The number of amides is 1. The Morgan fingerprint density at radius 3 is 2.62 bits per heavy atom. The minimum absolute atomic E-state index is 0.0849. The van der Waals surface area contributed by atoms with Gasteiger partial charge in [0.15, 0.2) is 0 Å². The summed E-state index contributed by atoms with van der Waals surface area (Å²) in [5, 5.41) is 18.8. The third kappa shape index (κ3) is 4.88. The van der Waals surface area contributed by atoms with E-state index < -0.39 is 17.6 Å². The van der Waals surface area contributed by atoms with Gasteiger partial charge >= 0.3 is 12.1 Å². The van der Waals surface area contributed by atoms with Gasteiger partial charge in [-0.3, -0.25) is 4.79 Å². The quantitative estimate of drug-likeness (QED) is 0.826. The highest BCUT2D eigenvalue weighted by Crippen LogP contribution is 2.30. The molecule has 1 aliphatic rings. The lowest BCUT2D eigenvalue weighted by molar-refractivity contribution is -0.161. The third-order valence-corrected chi connectivity index (χ3v) is 4.14. The summed E-state index contributed by atoms with van der Waals surface area (Å²) in [5.74, 6) is -0.689. The van der Waals surface area contributed by atoms with Crippen LogP contribution in [0.15, 0.2) is 24.3 Å². The van der Waals surface area contributed by atoms with Gasteiger partial charge in [-0.05, 0) is 57.2 Å². The van der Waals surface area contributed by atoms with Crippen LogP contribution in [0.5, 0.6) is 5.75 Å². The van der Waals surface area contributed by atoms with Gasteiger partial charge in [0.25, 0.3) is 0 Å². The fourth-order valence-electron chi connectivity index (χ4n) is 3.05. The molecule has 1 saturated heterocycles. The van der Waals surface area contributed by atoms with Gasteiger partial charge in [0.1, 0.15) is 11.4 Å². The topological polar surface area (TPSA) is 87.1 Å². The number of phenolic OH excluding ortho intramolecular Hbond substituents is 1. The normalized spacial score (nSPS) is 19.1. The zero-order chi connectivity index (χ0) is 17.9. The second-order valence-electron chi connectivity index (χ2n) is 7.29. The van der Waals surface area contributed by atoms with Gasteiger partial charge in [-0.2, -0.15) is 0 Å². The summed E-state index contributed by atoms with van der Waals surface area (Å²) in [6.45, 7) is 6.20. The number of aromatic hydroxyl groups is 1. The molecule has 1 fully saturated rings. The lowest BCUT2D eigenvalue weighted by Gasteiger charge is -2.27. The zero-order valence-electron chi connectivity index (χ0n) is 14.4. The Morgan fingerprint density at radius 2 is 2.08 bits per heavy atom. The van der Waals surface area contributed by atoms with E-state index in [0.29, 0.717) is 25.9 Å². The van der Waals surface area contributed by atoms with Gasteiger partial charge in [-0.15, -0.1) is 0 Å². The third-order valence-electron chi connectivity index (χ3n) is 4.14. The molecule has 1 heterocycles. The van der Waals surface area contributed by atoms with Crippen LogP contribution in [0.25, 0.3) is 0 Å². The van der Waals surface area contributed by atoms with E-state index in [4.69, 9.17) is 9.84 Å². The van der Waals surface area contributed by atoms with Crippen molar-refractivity contribution in [1.82, 2.24) is 4.90 Å². The molecule has 2 N–H and O–H groups in total. The second-order valence-corrected chi connectivity index (χ2v) is 7.29. The SMILES string of the molecule is CC(C)(C)OC(=O)C(Cc1cccc(O)c1)C1CCN(C(=O)O)C1. The molecule has 24 heavy (non-hydrogen) atoms. The van der Waals surface area contributed by atoms with E-state index >= 15 is 0 Å². The van der Waals surface area contributed by atoms with Gasteiger partial charge < -0.3 is 19.8 Å². The van der Waals surface area contributed by atoms with Crippen molar-refractivity contribution in [2.45, 2.75) is 39.2 Å². The Morgan fingerprint density at radius 1 is 1.38 bits per heavy atom. The van der Waals surface area contributed by atoms with Gasteiger partial charge in [-0.25, -0.2) is 4.79 Å². The number of carbonyl (C=O) groups excluding carboxylic acids is 1. The molecule has 0 saturated carbocycles. The summed E-state index contributed by atoms with van der Waals surface area (Å²) in [7, 11) is 0. The van der Waals surface area contributed by atoms with Crippen LogP contribution in [0.1, 0.15) is 32.8 Å². The van der Waals surface area contributed by atoms with Crippen LogP contribution >= 0.6 is 0 Å². The highest BCUT2D eigenvalue weighted by molar-refractivity contribution is 5.74.